The van der Waals surface area contributed by atoms with Gasteiger partial charge in [0, 0.05) is 0 Å². The summed E-state index contributed by atoms with van der Waals surface area (Å²) in [7, 11) is -9.99. The molecule has 0 bridgehead atoms. The van der Waals surface area contributed by atoms with Gasteiger partial charge in [0.2, 0.25) is 0 Å². The van der Waals surface area contributed by atoms with E-state index in [2.05, 4.69) is 0 Å². The highest BCUT2D eigenvalue weighted by molar-refractivity contribution is 9.09. The van der Waals surface area contributed by atoms with Crippen LogP contribution in [0.25, 0.3) is 0 Å². The largest absolute Gasteiger partial charge is 0.402 e. The van der Waals surface area contributed by atoms with Gasteiger partial charge in [0.05, 0.1) is 0 Å². The van der Waals surface area contributed by atoms with Crippen LogP contribution < -0.4 is 0 Å². The fraction of sp³-hybridized carbons (Fsp3) is 1.00. The lowest BCUT2D eigenvalue weighted by molar-refractivity contribution is -0.124. The minimum Gasteiger partial charge on any atom is -0.170 e. The van der Waals surface area contributed by atoms with Crippen LogP contribution in [0.3, 0.4) is 0 Å². The van der Waals surface area contributed by atoms with Gasteiger partial charge in [0.25, 0.3) is 10.2 Å². The molecule has 0 spiro atoms. The fourth-order valence-electron chi connectivity index (χ4n) is 0.371. The topological polar surface area (TPSA) is 0 Å². The van der Waals surface area contributed by atoms with E-state index >= 15 is 0 Å². The molecule has 0 aromatic heterocycles. The Hall–Kier alpha value is 0.270. The van der Waals surface area contributed by atoms with Gasteiger partial charge in [0.15, 0.2) is 0 Å². The van der Waals surface area contributed by atoms with Crippen molar-refractivity contribution in [3.8, 4) is 0 Å². The Balaban J connectivity index is 4.68. The first-order chi connectivity index (χ1) is 5.10. The van der Waals surface area contributed by atoms with Crippen molar-refractivity contribution in [2.24, 2.45) is 0 Å². The zero-order chi connectivity index (χ0) is 11.2. The molecule has 10 heteroatoms. The first-order valence-electron chi connectivity index (χ1n) is 2.54. The normalized spacial score (nSPS) is 21.9. The van der Waals surface area contributed by atoms with Crippen LogP contribution in [0.5, 0.6) is 0 Å². The molecule has 13 heavy (non-hydrogen) atoms. The molecule has 0 aromatic carbocycles. The quantitative estimate of drug-likeness (QED) is 0.516. The predicted molar refractivity (Wildman–Crippen MR) is 36.8 cm³/mol. The minimum atomic E-state index is -9.99. The molecule has 0 aliphatic carbocycles. The summed E-state index contributed by atoms with van der Waals surface area (Å²) in [5.41, 5.74) is 0. The second-order valence-electron chi connectivity index (χ2n) is 2.30. The Labute approximate surface area is 76.1 Å². The number of halogens is 9. The monoisotopic (exact) mass is 302 g/mol. The molecule has 1 unspecified atom stereocenters. The van der Waals surface area contributed by atoms with E-state index in [9.17, 15) is 32.6 Å². The van der Waals surface area contributed by atoms with Crippen LogP contribution in [0.4, 0.5) is 32.6 Å². The highest BCUT2D eigenvalue weighted by atomic mass is 79.9. The molecule has 0 saturated carbocycles. The highest BCUT2D eigenvalue weighted by Crippen LogP contribution is 2.98. The van der Waals surface area contributed by atoms with Gasteiger partial charge in [-0.05, 0) is 0 Å². The van der Waals surface area contributed by atoms with Crippen molar-refractivity contribution in [2.45, 2.75) is 11.0 Å². The third kappa shape index (κ3) is 7.35. The SMILES string of the molecule is FC(F)(F)C(Br)CS(F)(F)(F)(F)F. The Morgan fingerprint density at radius 3 is 1.38 bits per heavy atom. The maximum atomic E-state index is 11.5. The molecular weight excluding hydrogens is 300 g/mol. The molecule has 0 N–H and O–H groups in total. The van der Waals surface area contributed by atoms with Crippen LogP contribution in [-0.4, -0.2) is 16.8 Å². The molecule has 0 rings (SSSR count). The van der Waals surface area contributed by atoms with Gasteiger partial charge in [-0.1, -0.05) is 35.4 Å². The molecule has 0 radical (unpaired) electrons. The maximum Gasteiger partial charge on any atom is 0.402 e. The summed E-state index contributed by atoms with van der Waals surface area (Å²) in [6.45, 7) is 0. The number of rotatable bonds is 2. The van der Waals surface area contributed by atoms with Gasteiger partial charge < -0.3 is 0 Å². The van der Waals surface area contributed by atoms with Gasteiger partial charge in [-0.15, -0.1) is 0 Å². The third-order valence-electron chi connectivity index (χ3n) is 0.816. The van der Waals surface area contributed by atoms with Gasteiger partial charge in [-0.3, -0.25) is 0 Å². The average Bonchev–Trinajstić information content (AvgIpc) is 1.51. The lowest BCUT2D eigenvalue weighted by Crippen LogP contribution is -2.32. The molecule has 0 amide bonds. The molecular formula is C3H3BrF8S. The van der Waals surface area contributed by atoms with Crippen LogP contribution in [0.2, 0.25) is 0 Å². The van der Waals surface area contributed by atoms with Gasteiger partial charge in [-0.25, -0.2) is 0 Å². The van der Waals surface area contributed by atoms with E-state index < -0.39 is 27.0 Å². The predicted octanol–water partition coefficient (Wildman–Crippen LogP) is 4.61. The average molecular weight is 303 g/mol. The first-order valence-corrected chi connectivity index (χ1v) is 5.58. The first kappa shape index (κ1) is 13.3. The summed E-state index contributed by atoms with van der Waals surface area (Å²) in [5, 5.41) is 0. The molecule has 0 aliphatic heterocycles. The Bertz CT molecular complexity index is 197. The van der Waals surface area contributed by atoms with E-state index in [1.165, 1.54) is 15.9 Å². The molecule has 1 atom stereocenters. The zero-order valence-corrected chi connectivity index (χ0v) is 8.00. The van der Waals surface area contributed by atoms with Crippen molar-refractivity contribution >= 4 is 26.2 Å². The standard InChI is InChI=1S/C3H3BrF8S/c4-2(3(5,6)7)1-13(8,9,10,11)12/h2H,1H2. The van der Waals surface area contributed by atoms with E-state index in [0.717, 1.165) is 0 Å². The smallest absolute Gasteiger partial charge is 0.170 e. The van der Waals surface area contributed by atoms with E-state index in [1.807, 2.05) is 0 Å². The Morgan fingerprint density at radius 1 is 1.00 bits per heavy atom. The lowest BCUT2D eigenvalue weighted by Gasteiger charge is -2.41. The van der Waals surface area contributed by atoms with Crippen molar-refractivity contribution in [3.05, 3.63) is 0 Å². The summed E-state index contributed by atoms with van der Waals surface area (Å²) in [4.78, 5) is -3.27. The van der Waals surface area contributed by atoms with E-state index in [1.54, 1.807) is 0 Å². The second kappa shape index (κ2) is 2.44. The molecule has 0 heterocycles. The van der Waals surface area contributed by atoms with Crippen molar-refractivity contribution in [2.75, 3.05) is 5.75 Å². The van der Waals surface area contributed by atoms with Crippen LogP contribution >= 0.6 is 26.2 Å². The summed E-state index contributed by atoms with van der Waals surface area (Å²) in [6.07, 6.45) is -5.34. The lowest BCUT2D eigenvalue weighted by atomic mass is 10.5. The summed E-state index contributed by atoms with van der Waals surface area (Å²) >= 11 is 1.51. The summed E-state index contributed by atoms with van der Waals surface area (Å²) in [5.74, 6) is -3.18. The van der Waals surface area contributed by atoms with Crippen LogP contribution in [0.15, 0.2) is 0 Å². The third-order valence-corrected chi connectivity index (χ3v) is 3.05. The van der Waals surface area contributed by atoms with Crippen LogP contribution in [-0.2, 0) is 0 Å². The van der Waals surface area contributed by atoms with Crippen LogP contribution in [0.1, 0.15) is 0 Å². The van der Waals surface area contributed by atoms with E-state index in [4.69, 9.17) is 0 Å². The van der Waals surface area contributed by atoms with E-state index in [-0.39, 0.29) is 0 Å². The molecule has 0 fully saturated rings. The van der Waals surface area contributed by atoms with E-state index in [0.29, 0.717) is 0 Å². The maximum absolute atomic E-state index is 11.5. The van der Waals surface area contributed by atoms with Gasteiger partial charge in [0.1, 0.15) is 10.6 Å². The Morgan fingerprint density at radius 2 is 1.31 bits per heavy atom. The summed E-state index contributed by atoms with van der Waals surface area (Å²) < 4.78 is 91.7. The Kier molecular flexibility index (Phi) is 2.49. The van der Waals surface area contributed by atoms with Gasteiger partial charge >= 0.3 is 6.18 Å². The summed E-state index contributed by atoms with van der Waals surface area (Å²) in [6, 6.07) is 0. The second-order valence-corrected chi connectivity index (χ2v) is 6.00. The number of alkyl halides is 4. The fourth-order valence-corrected chi connectivity index (χ4v) is 2.61. The highest BCUT2D eigenvalue weighted by Gasteiger charge is 2.66. The molecule has 0 nitrogen and oxygen atoms in total. The van der Waals surface area contributed by atoms with Crippen molar-refractivity contribution in [3.63, 3.8) is 0 Å². The van der Waals surface area contributed by atoms with Crippen molar-refractivity contribution < 1.29 is 32.6 Å². The molecule has 0 aromatic rings. The number of hydrogen-bond acceptors (Lipinski definition) is 0. The van der Waals surface area contributed by atoms with Crippen molar-refractivity contribution in [1.82, 2.24) is 0 Å². The number of hydrogen-bond donors (Lipinski definition) is 0. The minimum absolute atomic E-state index is 1.51. The van der Waals surface area contributed by atoms with Gasteiger partial charge in [-0.2, -0.15) is 13.2 Å². The van der Waals surface area contributed by atoms with Crippen molar-refractivity contribution in [1.29, 1.82) is 0 Å². The molecule has 0 saturated heterocycles. The molecule has 84 valence electrons. The molecule has 0 aliphatic rings. The van der Waals surface area contributed by atoms with Crippen LogP contribution in [0, 0.1) is 0 Å². The zero-order valence-electron chi connectivity index (χ0n) is 5.59.